The molecule has 0 aromatic carbocycles. The molecule has 1 aromatic rings. The van der Waals surface area contributed by atoms with Crippen LogP contribution in [-0.4, -0.2) is 18.5 Å². The van der Waals surface area contributed by atoms with Gasteiger partial charge < -0.3 is 16.8 Å². The average molecular weight is 278 g/mol. The van der Waals surface area contributed by atoms with Crippen molar-refractivity contribution in [3.8, 4) is 0 Å². The lowest BCUT2D eigenvalue weighted by Crippen LogP contribution is -2.44. The largest absolute Gasteiger partial charge is 0.368 e. The average Bonchev–Trinajstić information content (AvgIpc) is 2.51. The zero-order valence-corrected chi connectivity index (χ0v) is 9.90. The summed E-state index contributed by atoms with van der Waals surface area (Å²) < 4.78 is 1.07. The van der Waals surface area contributed by atoms with Gasteiger partial charge in [-0.2, -0.15) is 0 Å². The van der Waals surface area contributed by atoms with Crippen LogP contribution in [0.15, 0.2) is 15.9 Å². The van der Waals surface area contributed by atoms with Crippen molar-refractivity contribution in [3.05, 3.63) is 20.8 Å². The normalized spacial score (nSPS) is 12.7. The van der Waals surface area contributed by atoms with E-state index in [1.54, 1.807) is 11.3 Å². The Morgan fingerprint density at radius 2 is 2.43 bits per heavy atom. The van der Waals surface area contributed by atoms with Crippen LogP contribution in [0.5, 0.6) is 0 Å². The minimum absolute atomic E-state index is 0.402. The fraction of sp³-hybridized carbons (Fsp3) is 0.375. The molecule has 0 aliphatic carbocycles. The van der Waals surface area contributed by atoms with E-state index < -0.39 is 11.9 Å². The zero-order valence-electron chi connectivity index (χ0n) is 7.50. The summed E-state index contributed by atoms with van der Waals surface area (Å²) in [5.41, 5.74) is 10.5. The predicted molar refractivity (Wildman–Crippen MR) is 60.9 cm³/mol. The lowest BCUT2D eigenvalue weighted by molar-refractivity contribution is -0.119. The third kappa shape index (κ3) is 3.38. The summed E-state index contributed by atoms with van der Waals surface area (Å²) in [6.07, 6.45) is 0. The highest BCUT2D eigenvalue weighted by Gasteiger charge is 2.08. The second-order valence-corrected chi connectivity index (χ2v) is 4.69. The number of carbonyl (C=O) groups excluding carboxylic acids is 1. The number of primary amides is 1. The molecule has 1 unspecified atom stereocenters. The fourth-order valence-electron chi connectivity index (χ4n) is 0.893. The number of amides is 1. The van der Waals surface area contributed by atoms with Gasteiger partial charge in [-0.25, -0.2) is 0 Å². The summed E-state index contributed by atoms with van der Waals surface area (Å²) in [4.78, 5) is 11.8. The summed E-state index contributed by atoms with van der Waals surface area (Å²) >= 11 is 5.05. The van der Waals surface area contributed by atoms with E-state index in [4.69, 9.17) is 11.5 Å². The van der Waals surface area contributed by atoms with Crippen LogP contribution in [0.4, 0.5) is 0 Å². The van der Waals surface area contributed by atoms with Crippen LogP contribution in [-0.2, 0) is 11.3 Å². The van der Waals surface area contributed by atoms with Crippen molar-refractivity contribution in [2.45, 2.75) is 12.6 Å². The van der Waals surface area contributed by atoms with E-state index >= 15 is 0 Å². The third-order valence-corrected chi connectivity index (χ3v) is 3.63. The van der Waals surface area contributed by atoms with Crippen molar-refractivity contribution in [1.82, 2.24) is 5.32 Å². The van der Waals surface area contributed by atoms with Gasteiger partial charge in [0.2, 0.25) is 5.91 Å². The number of halogens is 1. The zero-order chi connectivity index (χ0) is 10.6. The summed E-state index contributed by atoms with van der Waals surface area (Å²) in [5, 5.41) is 5.06. The van der Waals surface area contributed by atoms with Crippen LogP contribution in [0.1, 0.15) is 4.88 Å². The molecule has 0 aliphatic heterocycles. The lowest BCUT2D eigenvalue weighted by Gasteiger charge is -2.08. The molecule has 0 fully saturated rings. The van der Waals surface area contributed by atoms with Crippen molar-refractivity contribution < 1.29 is 4.79 Å². The molecule has 1 aromatic heterocycles. The maximum Gasteiger partial charge on any atom is 0.235 e. The standard InChI is InChI=1S/C8H12BrN3OS/c9-5-1-2-14-7(5)4-12-3-6(10)8(11)13/h1-2,6,12H,3-4,10H2,(H2,11,13). The Kier molecular flexibility index (Phi) is 4.53. The van der Waals surface area contributed by atoms with Crippen molar-refractivity contribution >= 4 is 33.2 Å². The molecule has 1 amide bonds. The van der Waals surface area contributed by atoms with Crippen molar-refractivity contribution in [2.24, 2.45) is 11.5 Å². The van der Waals surface area contributed by atoms with Crippen molar-refractivity contribution in [2.75, 3.05) is 6.54 Å². The number of nitrogens with two attached hydrogens (primary N) is 2. The van der Waals surface area contributed by atoms with Crippen LogP contribution < -0.4 is 16.8 Å². The Morgan fingerprint density at radius 1 is 1.71 bits per heavy atom. The highest BCUT2D eigenvalue weighted by molar-refractivity contribution is 9.10. The first kappa shape index (κ1) is 11.6. The quantitative estimate of drug-likeness (QED) is 0.730. The second kappa shape index (κ2) is 5.45. The predicted octanol–water partition coefficient (Wildman–Crippen LogP) is 0.413. The molecule has 0 saturated heterocycles. The molecule has 1 atom stereocenters. The molecule has 14 heavy (non-hydrogen) atoms. The lowest BCUT2D eigenvalue weighted by atomic mass is 10.3. The molecule has 0 radical (unpaired) electrons. The van der Waals surface area contributed by atoms with Crippen LogP contribution in [0, 0.1) is 0 Å². The first-order chi connectivity index (χ1) is 6.61. The first-order valence-electron chi connectivity index (χ1n) is 4.08. The van der Waals surface area contributed by atoms with E-state index in [1.165, 1.54) is 4.88 Å². The van der Waals surface area contributed by atoms with Gasteiger partial charge in [0.25, 0.3) is 0 Å². The number of nitrogens with one attached hydrogen (secondary N) is 1. The molecule has 0 saturated carbocycles. The van der Waals surface area contributed by atoms with Gasteiger partial charge in [0, 0.05) is 22.4 Å². The van der Waals surface area contributed by atoms with E-state index in [-0.39, 0.29) is 0 Å². The Balaban J connectivity index is 2.29. The van der Waals surface area contributed by atoms with Gasteiger partial charge in [0.15, 0.2) is 0 Å². The Bertz CT molecular complexity index is 315. The van der Waals surface area contributed by atoms with Crippen LogP contribution in [0.2, 0.25) is 0 Å². The van der Waals surface area contributed by atoms with Gasteiger partial charge in [-0.3, -0.25) is 4.79 Å². The molecule has 1 rings (SSSR count). The second-order valence-electron chi connectivity index (χ2n) is 2.83. The van der Waals surface area contributed by atoms with E-state index in [2.05, 4.69) is 21.2 Å². The van der Waals surface area contributed by atoms with E-state index in [9.17, 15) is 4.79 Å². The van der Waals surface area contributed by atoms with Gasteiger partial charge in [0.1, 0.15) is 0 Å². The van der Waals surface area contributed by atoms with Crippen molar-refractivity contribution in [3.63, 3.8) is 0 Å². The van der Waals surface area contributed by atoms with E-state index in [0.29, 0.717) is 13.1 Å². The molecule has 5 N–H and O–H groups in total. The van der Waals surface area contributed by atoms with E-state index in [0.717, 1.165) is 4.47 Å². The van der Waals surface area contributed by atoms with E-state index in [1.807, 2.05) is 11.4 Å². The number of hydrogen-bond acceptors (Lipinski definition) is 4. The number of thiophene rings is 1. The van der Waals surface area contributed by atoms with Crippen LogP contribution in [0.3, 0.4) is 0 Å². The summed E-state index contributed by atoms with van der Waals surface area (Å²) in [6.45, 7) is 1.10. The highest BCUT2D eigenvalue weighted by atomic mass is 79.9. The Labute approximate surface area is 94.8 Å². The molecule has 6 heteroatoms. The SMILES string of the molecule is NC(=O)C(N)CNCc1sccc1Br. The number of carbonyl (C=O) groups is 1. The van der Waals surface area contributed by atoms with Gasteiger partial charge in [-0.1, -0.05) is 0 Å². The summed E-state index contributed by atoms with van der Waals surface area (Å²) in [5.74, 6) is -0.484. The van der Waals surface area contributed by atoms with Crippen molar-refractivity contribution in [1.29, 1.82) is 0 Å². The smallest absolute Gasteiger partial charge is 0.235 e. The molecular formula is C8H12BrN3OS. The van der Waals surface area contributed by atoms with Crippen LogP contribution >= 0.6 is 27.3 Å². The maximum atomic E-state index is 10.6. The van der Waals surface area contributed by atoms with Gasteiger partial charge in [-0.15, -0.1) is 11.3 Å². The Hall–Kier alpha value is -0.430. The molecule has 0 bridgehead atoms. The Morgan fingerprint density at radius 3 is 2.93 bits per heavy atom. The topological polar surface area (TPSA) is 81.1 Å². The molecule has 1 heterocycles. The van der Waals surface area contributed by atoms with Gasteiger partial charge in [-0.05, 0) is 27.4 Å². The summed E-state index contributed by atoms with van der Waals surface area (Å²) in [7, 11) is 0. The van der Waals surface area contributed by atoms with Gasteiger partial charge >= 0.3 is 0 Å². The first-order valence-corrected chi connectivity index (χ1v) is 5.76. The number of hydrogen-bond donors (Lipinski definition) is 3. The van der Waals surface area contributed by atoms with Gasteiger partial charge in [0.05, 0.1) is 6.04 Å². The molecule has 78 valence electrons. The minimum atomic E-state index is -0.617. The summed E-state index contributed by atoms with van der Waals surface area (Å²) in [6, 6.07) is 1.36. The molecule has 0 spiro atoms. The highest BCUT2D eigenvalue weighted by Crippen LogP contribution is 2.21. The fourth-order valence-corrected chi connectivity index (χ4v) is 2.36. The third-order valence-electron chi connectivity index (χ3n) is 1.71. The van der Waals surface area contributed by atoms with Crippen LogP contribution in [0.25, 0.3) is 0 Å². The minimum Gasteiger partial charge on any atom is -0.368 e. The monoisotopic (exact) mass is 277 g/mol. The molecular weight excluding hydrogens is 266 g/mol. The number of rotatable bonds is 5. The molecule has 0 aliphatic rings. The molecule has 4 nitrogen and oxygen atoms in total. The maximum absolute atomic E-state index is 10.6.